The van der Waals surface area contributed by atoms with Crippen molar-refractivity contribution in [2.24, 2.45) is 5.92 Å². The first-order chi connectivity index (χ1) is 13.9. The lowest BCUT2D eigenvalue weighted by molar-refractivity contribution is -0.120. The molecule has 3 rings (SSSR count). The second kappa shape index (κ2) is 9.38. The van der Waals surface area contributed by atoms with E-state index in [1.807, 2.05) is 6.92 Å². The molecule has 0 unspecified atom stereocenters. The highest BCUT2D eigenvalue weighted by Gasteiger charge is 2.34. The molecule has 2 aromatic rings. The molecule has 0 radical (unpaired) electrons. The molecule has 1 atom stereocenters. The zero-order valence-corrected chi connectivity index (χ0v) is 18.8. The number of hydrogen-bond donors (Lipinski definition) is 1. The van der Waals surface area contributed by atoms with Crippen LogP contribution >= 0.6 is 22.7 Å². The maximum atomic E-state index is 12.9. The highest BCUT2D eigenvalue weighted by Crippen LogP contribution is 2.31. The summed E-state index contributed by atoms with van der Waals surface area (Å²) >= 11 is 2.52. The zero-order chi connectivity index (χ0) is 21.0. The number of nitrogens with zero attached hydrogens (tertiary/aromatic N) is 1. The minimum Gasteiger partial charge on any atom is -0.462 e. The van der Waals surface area contributed by atoms with Gasteiger partial charge in [0.2, 0.25) is 5.91 Å². The first kappa shape index (κ1) is 21.9. The van der Waals surface area contributed by atoms with Gasteiger partial charge in [0.05, 0.1) is 18.1 Å². The molecular formula is C19H24N2O5S3. The maximum absolute atomic E-state index is 12.9. The molecule has 0 aromatic carbocycles. The molecule has 2 aromatic heterocycles. The molecule has 1 saturated heterocycles. The predicted octanol–water partition coefficient (Wildman–Crippen LogP) is 3.59. The number of carbonyl (C=O) groups is 2. The Kier molecular flexibility index (Phi) is 7.10. The summed E-state index contributed by atoms with van der Waals surface area (Å²) in [5.74, 6) is -1.21. The van der Waals surface area contributed by atoms with Crippen molar-refractivity contribution in [1.82, 2.24) is 4.31 Å². The van der Waals surface area contributed by atoms with Gasteiger partial charge in [0.1, 0.15) is 9.21 Å². The van der Waals surface area contributed by atoms with Crippen LogP contribution in [0.15, 0.2) is 27.8 Å². The number of esters is 1. The third-order valence-electron chi connectivity index (χ3n) is 4.71. The van der Waals surface area contributed by atoms with Gasteiger partial charge in [-0.2, -0.15) is 4.31 Å². The summed E-state index contributed by atoms with van der Waals surface area (Å²) in [7, 11) is -3.59. The van der Waals surface area contributed by atoms with Crippen molar-refractivity contribution in [3.8, 4) is 0 Å². The molecule has 10 heteroatoms. The first-order valence-corrected chi connectivity index (χ1v) is 12.6. The van der Waals surface area contributed by atoms with Crippen molar-refractivity contribution >= 4 is 49.6 Å². The van der Waals surface area contributed by atoms with Crippen LogP contribution in [0.3, 0.4) is 0 Å². The van der Waals surface area contributed by atoms with Gasteiger partial charge in [-0.3, -0.25) is 4.79 Å². The van der Waals surface area contributed by atoms with Crippen molar-refractivity contribution in [2.75, 3.05) is 25.0 Å². The molecule has 1 amide bonds. The van der Waals surface area contributed by atoms with Crippen molar-refractivity contribution in [3.63, 3.8) is 0 Å². The summed E-state index contributed by atoms with van der Waals surface area (Å²) in [6, 6.07) is 5.02. The first-order valence-electron chi connectivity index (χ1n) is 9.51. The largest absolute Gasteiger partial charge is 0.462 e. The van der Waals surface area contributed by atoms with Gasteiger partial charge in [0, 0.05) is 18.0 Å². The standard InChI is InChI=1S/C19H24N2O5S3/c1-3-14-11-15(19(23)26-4-2)18(28-14)20-17(22)13-7-5-9-21(12-13)29(24,25)16-8-6-10-27-16/h6,8,10-11,13H,3-5,7,9,12H2,1-2H3,(H,20,22)/t13-/m0/s1. The van der Waals surface area contributed by atoms with Gasteiger partial charge < -0.3 is 10.1 Å². The molecule has 3 heterocycles. The molecule has 1 N–H and O–H groups in total. The third kappa shape index (κ3) is 4.88. The number of anilines is 1. The Morgan fingerprint density at radius 2 is 2.14 bits per heavy atom. The number of ether oxygens (including phenoxy) is 1. The number of aryl methyl sites for hydroxylation is 1. The van der Waals surface area contributed by atoms with E-state index >= 15 is 0 Å². The number of piperidine rings is 1. The molecule has 1 aliphatic heterocycles. The SMILES string of the molecule is CCOC(=O)c1cc(CC)sc1NC(=O)[C@H]1CCCN(S(=O)(=O)c2cccs2)C1. The topological polar surface area (TPSA) is 92.8 Å². The van der Waals surface area contributed by atoms with E-state index in [2.05, 4.69) is 5.32 Å². The molecular weight excluding hydrogens is 432 g/mol. The molecule has 0 saturated carbocycles. The molecule has 158 valence electrons. The Labute approximate surface area is 178 Å². The fourth-order valence-electron chi connectivity index (χ4n) is 3.20. The number of nitrogens with one attached hydrogen (secondary N) is 1. The lowest BCUT2D eigenvalue weighted by atomic mass is 9.99. The Hall–Kier alpha value is -1.75. The molecule has 0 bridgehead atoms. The molecule has 1 aliphatic rings. The summed E-state index contributed by atoms with van der Waals surface area (Å²) in [4.78, 5) is 26.1. The molecule has 7 nitrogen and oxygen atoms in total. The van der Waals surface area contributed by atoms with Gasteiger partial charge in [-0.1, -0.05) is 13.0 Å². The van der Waals surface area contributed by atoms with Crippen LogP contribution < -0.4 is 5.32 Å². The van der Waals surface area contributed by atoms with Crippen molar-refractivity contribution in [1.29, 1.82) is 0 Å². The Morgan fingerprint density at radius 3 is 2.79 bits per heavy atom. The van der Waals surface area contributed by atoms with Crippen LogP contribution in [-0.4, -0.2) is 44.3 Å². The van der Waals surface area contributed by atoms with Crippen molar-refractivity contribution in [2.45, 2.75) is 37.3 Å². The minimum atomic E-state index is -3.59. The summed E-state index contributed by atoms with van der Waals surface area (Å²) in [5.41, 5.74) is 0.348. The van der Waals surface area contributed by atoms with E-state index in [0.29, 0.717) is 30.0 Å². The highest BCUT2D eigenvalue weighted by atomic mass is 32.2. The number of sulfonamides is 1. The lowest BCUT2D eigenvalue weighted by Crippen LogP contribution is -2.43. The quantitative estimate of drug-likeness (QED) is 0.643. The maximum Gasteiger partial charge on any atom is 0.341 e. The van der Waals surface area contributed by atoms with Gasteiger partial charge in [-0.25, -0.2) is 13.2 Å². The number of hydrogen-bond acceptors (Lipinski definition) is 7. The summed E-state index contributed by atoms with van der Waals surface area (Å²) in [5, 5.41) is 5.02. The van der Waals surface area contributed by atoms with Gasteiger partial charge in [0.25, 0.3) is 10.0 Å². The van der Waals surface area contributed by atoms with Gasteiger partial charge in [0.15, 0.2) is 0 Å². The molecule has 0 aliphatic carbocycles. The van der Waals surface area contributed by atoms with E-state index in [4.69, 9.17) is 4.74 Å². The molecule has 0 spiro atoms. The van der Waals surface area contributed by atoms with E-state index in [9.17, 15) is 18.0 Å². The zero-order valence-electron chi connectivity index (χ0n) is 16.3. The number of thiophene rings is 2. The fraction of sp³-hybridized carbons (Fsp3) is 0.474. The van der Waals surface area contributed by atoms with Crippen LogP contribution in [0.5, 0.6) is 0 Å². The van der Waals surface area contributed by atoms with Gasteiger partial charge in [-0.15, -0.1) is 22.7 Å². The van der Waals surface area contributed by atoms with Gasteiger partial charge >= 0.3 is 5.97 Å². The number of amides is 1. The highest BCUT2D eigenvalue weighted by molar-refractivity contribution is 7.91. The number of rotatable bonds is 7. The minimum absolute atomic E-state index is 0.132. The fourth-order valence-corrected chi connectivity index (χ4v) is 6.85. The number of carbonyl (C=O) groups excluding carboxylic acids is 2. The average molecular weight is 457 g/mol. The lowest BCUT2D eigenvalue weighted by Gasteiger charge is -2.30. The van der Waals surface area contributed by atoms with E-state index < -0.39 is 21.9 Å². The summed E-state index contributed by atoms with van der Waals surface area (Å²) in [6.45, 7) is 4.49. The van der Waals surface area contributed by atoms with E-state index in [-0.39, 0.29) is 23.3 Å². The third-order valence-corrected chi connectivity index (χ3v) is 9.14. The van der Waals surface area contributed by atoms with Crippen molar-refractivity contribution in [3.05, 3.63) is 34.0 Å². The Morgan fingerprint density at radius 1 is 1.34 bits per heavy atom. The summed E-state index contributed by atoms with van der Waals surface area (Å²) in [6.07, 6.45) is 1.95. The molecule has 1 fully saturated rings. The van der Waals surface area contributed by atoms with E-state index in [0.717, 1.165) is 11.3 Å². The second-order valence-electron chi connectivity index (χ2n) is 6.65. The average Bonchev–Trinajstić information content (AvgIpc) is 3.38. The normalized spacial score (nSPS) is 17.8. The smallest absolute Gasteiger partial charge is 0.341 e. The van der Waals surface area contributed by atoms with Crippen LogP contribution in [0.2, 0.25) is 0 Å². The van der Waals surface area contributed by atoms with Crippen LogP contribution in [0.4, 0.5) is 5.00 Å². The van der Waals surface area contributed by atoms with Crippen LogP contribution in [0.25, 0.3) is 0 Å². The van der Waals surface area contributed by atoms with E-state index in [1.165, 1.54) is 27.0 Å². The monoisotopic (exact) mass is 456 g/mol. The van der Waals surface area contributed by atoms with Crippen molar-refractivity contribution < 1.29 is 22.7 Å². The Bertz CT molecular complexity index is 966. The van der Waals surface area contributed by atoms with E-state index in [1.54, 1.807) is 30.5 Å². The molecule has 29 heavy (non-hydrogen) atoms. The van der Waals surface area contributed by atoms with Gasteiger partial charge in [-0.05, 0) is 43.7 Å². The summed E-state index contributed by atoms with van der Waals surface area (Å²) < 4.78 is 32.3. The second-order valence-corrected chi connectivity index (χ2v) is 10.9. The van der Waals surface area contributed by atoms with Crippen LogP contribution in [0.1, 0.15) is 41.9 Å². The Balaban J connectivity index is 1.74. The predicted molar refractivity (Wildman–Crippen MR) is 114 cm³/mol. The van der Waals surface area contributed by atoms with Crippen LogP contribution in [-0.2, 0) is 26.0 Å². The van der Waals surface area contributed by atoms with Crippen LogP contribution in [0, 0.1) is 5.92 Å².